The van der Waals surface area contributed by atoms with Gasteiger partial charge in [-0.1, -0.05) is 0 Å². The maximum atomic E-state index is 12.2. The molecule has 8 nitrogen and oxygen atoms in total. The number of hydrogen-bond donors (Lipinski definition) is 3. The second kappa shape index (κ2) is 7.23. The van der Waals surface area contributed by atoms with E-state index in [0.717, 1.165) is 23.7 Å². The van der Waals surface area contributed by atoms with Gasteiger partial charge < -0.3 is 15.7 Å². The third-order valence-corrected chi connectivity index (χ3v) is 6.85. The molecule has 1 saturated heterocycles. The monoisotopic (exact) mass is 408 g/mol. The molecule has 3 aliphatic rings. The van der Waals surface area contributed by atoms with Crippen LogP contribution >= 0.6 is 0 Å². The van der Waals surface area contributed by atoms with E-state index in [9.17, 15) is 21.6 Å². The summed E-state index contributed by atoms with van der Waals surface area (Å²) in [4.78, 5) is 17.8. The SMILES string of the molecule is O=C(O)C(F)(F)F.O=S1(=O)Cc2cnc(NCC3CC3)nc2[C@H]2CNC[C@H]21. The van der Waals surface area contributed by atoms with Gasteiger partial charge in [0.15, 0.2) is 9.84 Å². The van der Waals surface area contributed by atoms with Crippen molar-refractivity contribution in [3.63, 3.8) is 0 Å². The van der Waals surface area contributed by atoms with Crippen molar-refractivity contribution in [2.45, 2.75) is 35.9 Å². The number of fused-ring (bicyclic) bond motifs is 3. The van der Waals surface area contributed by atoms with E-state index in [-0.39, 0.29) is 16.9 Å². The molecule has 0 aromatic carbocycles. The largest absolute Gasteiger partial charge is 0.490 e. The molecule has 0 spiro atoms. The zero-order chi connectivity index (χ0) is 19.8. The van der Waals surface area contributed by atoms with E-state index >= 15 is 0 Å². The van der Waals surface area contributed by atoms with Crippen LogP contribution in [0.2, 0.25) is 0 Å². The van der Waals surface area contributed by atoms with Crippen LogP contribution in [0.15, 0.2) is 6.20 Å². The van der Waals surface area contributed by atoms with Gasteiger partial charge in [0.05, 0.1) is 16.7 Å². The number of carboxylic acids is 1. The molecule has 2 aliphatic heterocycles. The molecule has 27 heavy (non-hydrogen) atoms. The van der Waals surface area contributed by atoms with Gasteiger partial charge in [0.1, 0.15) is 0 Å². The van der Waals surface area contributed by atoms with Crippen molar-refractivity contribution in [1.82, 2.24) is 15.3 Å². The van der Waals surface area contributed by atoms with Gasteiger partial charge in [0, 0.05) is 37.3 Å². The van der Waals surface area contributed by atoms with E-state index in [2.05, 4.69) is 20.6 Å². The number of hydrogen-bond acceptors (Lipinski definition) is 7. The van der Waals surface area contributed by atoms with Crippen LogP contribution < -0.4 is 10.6 Å². The highest BCUT2D eigenvalue weighted by Gasteiger charge is 2.44. The lowest BCUT2D eigenvalue weighted by Gasteiger charge is -2.26. The van der Waals surface area contributed by atoms with E-state index in [1.807, 2.05) is 0 Å². The highest BCUT2D eigenvalue weighted by atomic mass is 32.2. The van der Waals surface area contributed by atoms with Crippen LogP contribution in [0.1, 0.15) is 30.0 Å². The number of halogens is 3. The minimum atomic E-state index is -5.08. The number of nitrogens with zero attached hydrogens (tertiary/aromatic N) is 2. The van der Waals surface area contributed by atoms with E-state index in [0.29, 0.717) is 19.0 Å². The Balaban J connectivity index is 0.000000260. The molecule has 0 bridgehead atoms. The molecule has 0 amide bonds. The molecule has 1 aromatic heterocycles. The van der Waals surface area contributed by atoms with Gasteiger partial charge in [-0.3, -0.25) is 0 Å². The number of rotatable bonds is 3. The topological polar surface area (TPSA) is 121 Å². The summed E-state index contributed by atoms with van der Waals surface area (Å²) in [5, 5.41) is 13.3. The zero-order valence-electron chi connectivity index (χ0n) is 14.2. The summed E-state index contributed by atoms with van der Waals surface area (Å²) >= 11 is 0. The molecule has 3 heterocycles. The van der Waals surface area contributed by atoms with Crippen molar-refractivity contribution >= 4 is 21.8 Å². The molecule has 4 rings (SSSR count). The molecule has 12 heteroatoms. The Morgan fingerprint density at radius 1 is 1.33 bits per heavy atom. The average Bonchev–Trinajstić information content (AvgIpc) is 3.25. The first-order valence-corrected chi connectivity index (χ1v) is 10.1. The minimum absolute atomic E-state index is 0.0202. The minimum Gasteiger partial charge on any atom is -0.475 e. The Hall–Kier alpha value is -1.95. The second-order valence-electron chi connectivity index (χ2n) is 6.84. The summed E-state index contributed by atoms with van der Waals surface area (Å²) in [6.45, 7) is 2.15. The van der Waals surface area contributed by atoms with E-state index in [1.165, 1.54) is 12.8 Å². The van der Waals surface area contributed by atoms with Gasteiger partial charge in [0.2, 0.25) is 5.95 Å². The molecule has 1 aliphatic carbocycles. The van der Waals surface area contributed by atoms with Crippen LogP contribution in [-0.2, 0) is 20.4 Å². The summed E-state index contributed by atoms with van der Waals surface area (Å²) in [5.41, 5.74) is 1.69. The predicted octanol–water partition coefficient (Wildman–Crippen LogP) is 0.916. The molecule has 2 fully saturated rings. The zero-order valence-corrected chi connectivity index (χ0v) is 15.0. The van der Waals surface area contributed by atoms with Gasteiger partial charge in [-0.25, -0.2) is 23.2 Å². The second-order valence-corrected chi connectivity index (χ2v) is 9.06. The van der Waals surface area contributed by atoms with Crippen molar-refractivity contribution in [2.24, 2.45) is 5.92 Å². The smallest absolute Gasteiger partial charge is 0.475 e. The summed E-state index contributed by atoms with van der Waals surface area (Å²) in [6, 6.07) is 0. The molecule has 2 atom stereocenters. The summed E-state index contributed by atoms with van der Waals surface area (Å²) in [7, 11) is -3.07. The Labute approximate surface area is 153 Å². The van der Waals surface area contributed by atoms with Crippen LogP contribution in [0.3, 0.4) is 0 Å². The third kappa shape index (κ3) is 4.67. The first-order chi connectivity index (χ1) is 12.6. The van der Waals surface area contributed by atoms with Crippen molar-refractivity contribution < 1.29 is 31.5 Å². The quantitative estimate of drug-likeness (QED) is 0.675. The molecule has 0 unspecified atom stereocenters. The average molecular weight is 408 g/mol. The summed E-state index contributed by atoms with van der Waals surface area (Å²) < 4.78 is 56.2. The summed E-state index contributed by atoms with van der Waals surface area (Å²) in [6.07, 6.45) is -0.834. The standard InChI is InChI=1S/C13H18N4O2S.C2HF3O2/c18-20(19)7-9-4-16-13(15-3-8-1-2-8)17-12(9)10-5-14-6-11(10)20;3-2(4,5)1(6)7/h4,8,10-11,14H,1-3,5-7H2,(H,15,16,17);(H,6,7)/t10-,11+;/m0./s1. The Bertz CT molecular complexity index is 827. The van der Waals surface area contributed by atoms with Crippen LogP contribution in [0.25, 0.3) is 0 Å². The fourth-order valence-corrected chi connectivity index (χ4v) is 5.09. The fourth-order valence-electron chi connectivity index (χ4n) is 3.12. The lowest BCUT2D eigenvalue weighted by atomic mass is 10.00. The first kappa shape index (κ1) is 19.8. The molecule has 1 aromatic rings. The van der Waals surface area contributed by atoms with Gasteiger partial charge in [-0.05, 0) is 18.8 Å². The van der Waals surface area contributed by atoms with Crippen LogP contribution in [0, 0.1) is 5.92 Å². The van der Waals surface area contributed by atoms with Gasteiger partial charge >= 0.3 is 12.1 Å². The number of sulfone groups is 1. The predicted molar refractivity (Wildman–Crippen MR) is 89.0 cm³/mol. The van der Waals surface area contributed by atoms with Crippen LogP contribution in [0.5, 0.6) is 0 Å². The number of alkyl halides is 3. The van der Waals surface area contributed by atoms with Crippen molar-refractivity contribution in [3.8, 4) is 0 Å². The van der Waals surface area contributed by atoms with E-state index in [1.54, 1.807) is 6.20 Å². The summed E-state index contributed by atoms with van der Waals surface area (Å²) in [5.74, 6) is -1.30. The van der Waals surface area contributed by atoms with Crippen molar-refractivity contribution in [1.29, 1.82) is 0 Å². The lowest BCUT2D eigenvalue weighted by molar-refractivity contribution is -0.192. The van der Waals surface area contributed by atoms with Gasteiger partial charge in [-0.15, -0.1) is 0 Å². The number of aromatic nitrogens is 2. The molecule has 3 N–H and O–H groups in total. The van der Waals surface area contributed by atoms with E-state index in [4.69, 9.17) is 9.90 Å². The Morgan fingerprint density at radius 3 is 2.59 bits per heavy atom. The number of carboxylic acid groups (broad SMARTS) is 1. The fraction of sp³-hybridized carbons (Fsp3) is 0.667. The van der Waals surface area contributed by atoms with Crippen molar-refractivity contribution in [3.05, 3.63) is 17.5 Å². The van der Waals surface area contributed by atoms with Gasteiger partial charge in [-0.2, -0.15) is 13.2 Å². The molecule has 150 valence electrons. The first-order valence-electron chi connectivity index (χ1n) is 8.40. The van der Waals surface area contributed by atoms with Crippen LogP contribution in [-0.4, -0.2) is 60.5 Å². The number of anilines is 1. The maximum Gasteiger partial charge on any atom is 0.490 e. The molecular formula is C15H19F3N4O4S. The number of aliphatic carboxylic acids is 1. The molecule has 0 radical (unpaired) electrons. The van der Waals surface area contributed by atoms with Gasteiger partial charge in [0.25, 0.3) is 0 Å². The third-order valence-electron chi connectivity index (χ3n) is 4.71. The van der Waals surface area contributed by atoms with E-state index < -0.39 is 22.0 Å². The Morgan fingerprint density at radius 2 is 2.00 bits per heavy atom. The maximum absolute atomic E-state index is 12.2. The number of nitrogens with one attached hydrogen (secondary N) is 2. The highest BCUT2D eigenvalue weighted by Crippen LogP contribution is 2.36. The highest BCUT2D eigenvalue weighted by molar-refractivity contribution is 7.91. The van der Waals surface area contributed by atoms with Crippen LogP contribution in [0.4, 0.5) is 19.1 Å². The van der Waals surface area contributed by atoms with Crippen molar-refractivity contribution in [2.75, 3.05) is 25.0 Å². The Kier molecular flexibility index (Phi) is 5.30. The molecule has 1 saturated carbocycles. The lowest BCUT2D eigenvalue weighted by Crippen LogP contribution is -2.35. The number of carbonyl (C=O) groups is 1. The molecular weight excluding hydrogens is 389 g/mol. The normalized spacial score (nSPS) is 25.6.